The van der Waals surface area contributed by atoms with E-state index in [2.05, 4.69) is 10.3 Å². The van der Waals surface area contributed by atoms with E-state index < -0.39 is 5.41 Å². The van der Waals surface area contributed by atoms with Crippen LogP contribution in [0.25, 0.3) is 10.2 Å². The number of nitrogens with zero attached hydrogens (tertiary/aromatic N) is 1. The molecule has 1 fully saturated rings. The minimum Gasteiger partial charge on any atom is -0.392 e. The van der Waals surface area contributed by atoms with Crippen LogP contribution in [0.4, 0.5) is 5.13 Å². The molecule has 7 heteroatoms. The summed E-state index contributed by atoms with van der Waals surface area (Å²) in [7, 11) is 0. The second-order valence-electron chi connectivity index (χ2n) is 4.89. The van der Waals surface area contributed by atoms with E-state index in [0.29, 0.717) is 23.0 Å². The van der Waals surface area contributed by atoms with Gasteiger partial charge in [0.1, 0.15) is 0 Å². The molecule has 20 heavy (non-hydrogen) atoms. The zero-order chi connectivity index (χ0) is 14.3. The first kappa shape index (κ1) is 13.7. The van der Waals surface area contributed by atoms with Crippen molar-refractivity contribution < 1.29 is 4.79 Å². The Balaban J connectivity index is 1.86. The maximum Gasteiger partial charge on any atom is 0.239 e. The monoisotopic (exact) mass is 325 g/mol. The molecular weight excluding hydrogens is 314 g/mol. The highest BCUT2D eigenvalue weighted by Gasteiger charge is 2.47. The summed E-state index contributed by atoms with van der Waals surface area (Å²) < 4.78 is 0.936. The normalized spacial score (nSPS) is 16.6. The van der Waals surface area contributed by atoms with Gasteiger partial charge in [0.2, 0.25) is 5.91 Å². The summed E-state index contributed by atoms with van der Waals surface area (Å²) in [5.41, 5.74) is 5.84. The third-order valence-corrected chi connectivity index (χ3v) is 5.24. The van der Waals surface area contributed by atoms with Crippen LogP contribution >= 0.6 is 35.2 Å². The zero-order valence-corrected chi connectivity index (χ0v) is 12.9. The molecule has 3 N–H and O–H groups in total. The molecule has 1 aromatic heterocycles. The largest absolute Gasteiger partial charge is 0.392 e. The SMILES string of the molecule is NC(=S)C1(C(=O)Nc2nc3ccc(Cl)cc3s2)CCC1. The van der Waals surface area contributed by atoms with Gasteiger partial charge >= 0.3 is 0 Å². The van der Waals surface area contributed by atoms with E-state index in [0.717, 1.165) is 16.6 Å². The molecule has 3 rings (SSSR count). The number of hydrogen-bond acceptors (Lipinski definition) is 4. The van der Waals surface area contributed by atoms with E-state index in [1.165, 1.54) is 11.3 Å². The van der Waals surface area contributed by atoms with Crippen LogP contribution < -0.4 is 11.1 Å². The Morgan fingerprint density at radius 1 is 1.50 bits per heavy atom. The molecule has 104 valence electrons. The van der Waals surface area contributed by atoms with Gasteiger partial charge in [-0.2, -0.15) is 0 Å². The summed E-state index contributed by atoms with van der Waals surface area (Å²) in [6.45, 7) is 0. The van der Waals surface area contributed by atoms with Crippen LogP contribution in [0.1, 0.15) is 19.3 Å². The number of carbonyl (C=O) groups is 1. The van der Waals surface area contributed by atoms with Gasteiger partial charge in [0.05, 0.1) is 20.6 Å². The van der Waals surface area contributed by atoms with Crippen molar-refractivity contribution in [1.29, 1.82) is 0 Å². The Morgan fingerprint density at radius 2 is 2.25 bits per heavy atom. The van der Waals surface area contributed by atoms with Crippen LogP contribution in [0.2, 0.25) is 5.02 Å². The van der Waals surface area contributed by atoms with Crippen LogP contribution in [0.5, 0.6) is 0 Å². The number of carbonyl (C=O) groups excluding carboxylic acids is 1. The summed E-state index contributed by atoms with van der Waals surface area (Å²) in [5, 5.41) is 4.03. The third-order valence-electron chi connectivity index (χ3n) is 3.68. The Bertz CT molecular complexity index is 709. The highest BCUT2D eigenvalue weighted by molar-refractivity contribution is 7.80. The Hall–Kier alpha value is -1.24. The molecule has 0 aliphatic heterocycles. The highest BCUT2D eigenvalue weighted by Crippen LogP contribution is 2.42. The summed E-state index contributed by atoms with van der Waals surface area (Å²) in [5.74, 6) is -0.151. The van der Waals surface area contributed by atoms with Gasteiger partial charge < -0.3 is 11.1 Å². The first-order valence-electron chi connectivity index (χ1n) is 6.19. The van der Waals surface area contributed by atoms with Crippen molar-refractivity contribution in [3.05, 3.63) is 23.2 Å². The molecule has 0 bridgehead atoms. The van der Waals surface area contributed by atoms with Crippen LogP contribution in [-0.2, 0) is 4.79 Å². The molecule has 2 aromatic rings. The number of benzene rings is 1. The predicted octanol–water partition coefficient (Wildman–Crippen LogP) is 3.34. The van der Waals surface area contributed by atoms with Crippen molar-refractivity contribution in [2.75, 3.05) is 5.32 Å². The average Bonchev–Trinajstić information content (AvgIpc) is 2.67. The number of nitrogens with one attached hydrogen (secondary N) is 1. The van der Waals surface area contributed by atoms with E-state index in [4.69, 9.17) is 29.6 Å². The molecule has 4 nitrogen and oxygen atoms in total. The first-order chi connectivity index (χ1) is 9.51. The van der Waals surface area contributed by atoms with Crippen LogP contribution in [0.3, 0.4) is 0 Å². The predicted molar refractivity (Wildman–Crippen MR) is 86.3 cm³/mol. The van der Waals surface area contributed by atoms with Crippen molar-refractivity contribution in [2.24, 2.45) is 11.1 Å². The highest BCUT2D eigenvalue weighted by atomic mass is 35.5. The minimum absolute atomic E-state index is 0.151. The molecule has 0 saturated heterocycles. The number of rotatable bonds is 3. The van der Waals surface area contributed by atoms with Crippen molar-refractivity contribution in [3.8, 4) is 0 Å². The fourth-order valence-electron chi connectivity index (χ4n) is 2.28. The lowest BCUT2D eigenvalue weighted by molar-refractivity contribution is -0.125. The van der Waals surface area contributed by atoms with Crippen molar-refractivity contribution in [1.82, 2.24) is 4.98 Å². The third kappa shape index (κ3) is 2.17. The number of nitrogens with two attached hydrogens (primary N) is 1. The number of fused-ring (bicyclic) bond motifs is 1. The molecular formula is C13H12ClN3OS2. The van der Waals surface area contributed by atoms with E-state index >= 15 is 0 Å². The van der Waals surface area contributed by atoms with E-state index in [-0.39, 0.29) is 10.9 Å². The number of halogens is 1. The minimum atomic E-state index is -0.690. The van der Waals surface area contributed by atoms with Crippen molar-refractivity contribution >= 4 is 61.4 Å². The van der Waals surface area contributed by atoms with Crippen LogP contribution in [0, 0.1) is 5.41 Å². The Kier molecular flexibility index (Phi) is 3.40. The van der Waals surface area contributed by atoms with Crippen LogP contribution in [-0.4, -0.2) is 15.9 Å². The number of anilines is 1. The Labute approximate surface area is 130 Å². The molecule has 1 heterocycles. The number of amides is 1. The molecule has 0 spiro atoms. The second kappa shape index (κ2) is 4.95. The van der Waals surface area contributed by atoms with Crippen LogP contribution in [0.15, 0.2) is 18.2 Å². The van der Waals surface area contributed by atoms with Crippen molar-refractivity contribution in [3.63, 3.8) is 0 Å². The number of aromatic nitrogens is 1. The number of hydrogen-bond donors (Lipinski definition) is 2. The lowest BCUT2D eigenvalue weighted by Crippen LogP contribution is -2.50. The number of thiazole rings is 1. The maximum atomic E-state index is 12.4. The van der Waals surface area contributed by atoms with Crippen molar-refractivity contribution in [2.45, 2.75) is 19.3 Å². The van der Waals surface area contributed by atoms with Gasteiger partial charge in [0, 0.05) is 5.02 Å². The zero-order valence-electron chi connectivity index (χ0n) is 10.5. The average molecular weight is 326 g/mol. The Morgan fingerprint density at radius 3 is 2.85 bits per heavy atom. The standard InChI is InChI=1S/C13H12ClN3OS2/c14-7-2-3-8-9(6-7)20-12(16-8)17-11(18)13(10(15)19)4-1-5-13/h2-3,6H,1,4-5H2,(H2,15,19)(H,16,17,18). The first-order valence-corrected chi connectivity index (χ1v) is 7.79. The molecule has 0 radical (unpaired) electrons. The molecule has 0 atom stereocenters. The lowest BCUT2D eigenvalue weighted by atomic mass is 9.68. The second-order valence-corrected chi connectivity index (χ2v) is 6.79. The molecule has 1 aliphatic carbocycles. The quantitative estimate of drug-likeness (QED) is 0.849. The van der Waals surface area contributed by atoms with E-state index in [9.17, 15) is 4.79 Å². The summed E-state index contributed by atoms with van der Waals surface area (Å²) in [6, 6.07) is 5.44. The molecule has 1 aliphatic rings. The van der Waals surface area contributed by atoms with Gasteiger partial charge in [-0.3, -0.25) is 4.79 Å². The molecule has 1 saturated carbocycles. The number of thiocarbonyl (C=S) groups is 1. The molecule has 1 aromatic carbocycles. The van der Waals surface area contributed by atoms with Gasteiger partial charge in [-0.25, -0.2) is 4.98 Å². The molecule has 1 amide bonds. The lowest BCUT2D eigenvalue weighted by Gasteiger charge is -2.38. The van der Waals surface area contributed by atoms with Gasteiger partial charge in [0.15, 0.2) is 5.13 Å². The van der Waals surface area contributed by atoms with Gasteiger partial charge in [-0.15, -0.1) is 0 Å². The topological polar surface area (TPSA) is 68.0 Å². The summed E-state index contributed by atoms with van der Waals surface area (Å²) in [4.78, 5) is 17.0. The van der Waals surface area contributed by atoms with Gasteiger partial charge in [-0.05, 0) is 31.0 Å². The maximum absolute atomic E-state index is 12.4. The van der Waals surface area contributed by atoms with E-state index in [1.54, 1.807) is 6.07 Å². The smallest absolute Gasteiger partial charge is 0.239 e. The van der Waals surface area contributed by atoms with Gasteiger partial charge in [-0.1, -0.05) is 41.6 Å². The van der Waals surface area contributed by atoms with Gasteiger partial charge in [0.25, 0.3) is 0 Å². The summed E-state index contributed by atoms with van der Waals surface area (Å²) >= 11 is 12.4. The fraction of sp³-hybridized carbons (Fsp3) is 0.308. The van der Waals surface area contributed by atoms with E-state index in [1.807, 2.05) is 12.1 Å². The summed E-state index contributed by atoms with van der Waals surface area (Å²) in [6.07, 6.45) is 2.40. The molecule has 0 unspecified atom stereocenters. The fourth-order valence-corrected chi connectivity index (χ4v) is 3.72.